The number of rotatable bonds is 0. The molecule has 0 spiro atoms. The summed E-state index contributed by atoms with van der Waals surface area (Å²) < 4.78 is 0. The Morgan fingerprint density at radius 3 is 2.27 bits per heavy atom. The largest absolute Gasteiger partial charge is 0.0710 e. The van der Waals surface area contributed by atoms with Crippen LogP contribution >= 0.6 is 0 Å². The van der Waals surface area contributed by atoms with E-state index < -0.39 is 0 Å². The van der Waals surface area contributed by atoms with Crippen LogP contribution in [0.1, 0.15) is 51.9 Å². The summed E-state index contributed by atoms with van der Waals surface area (Å²) in [7, 11) is 0. The van der Waals surface area contributed by atoms with Gasteiger partial charge in [-0.1, -0.05) is 18.1 Å². The number of allylic oxidation sites excluding steroid dienone is 2. The first kappa shape index (κ1) is 7.39. The summed E-state index contributed by atoms with van der Waals surface area (Å²) in [6, 6.07) is 0. The second-order valence-corrected chi connectivity index (χ2v) is 4.26. The third kappa shape index (κ3) is 1.50. The molecular formula is C11H18. The maximum atomic E-state index is 2.39. The second-order valence-electron chi connectivity index (χ2n) is 4.26. The molecule has 2 aliphatic carbocycles. The predicted octanol–water partition coefficient (Wildman–Crippen LogP) is 3.68. The van der Waals surface area contributed by atoms with Crippen LogP contribution in [0.5, 0.6) is 0 Å². The van der Waals surface area contributed by atoms with Gasteiger partial charge < -0.3 is 0 Å². The lowest BCUT2D eigenvalue weighted by atomic mass is 10.0. The highest BCUT2D eigenvalue weighted by Crippen LogP contribution is 2.37. The minimum Gasteiger partial charge on any atom is -0.0710 e. The molecule has 0 heteroatoms. The molecule has 0 amide bonds. The Bertz CT molecular complexity index is 168. The van der Waals surface area contributed by atoms with Crippen LogP contribution in [-0.2, 0) is 0 Å². The van der Waals surface area contributed by atoms with Crippen molar-refractivity contribution in [2.75, 3.05) is 0 Å². The van der Waals surface area contributed by atoms with E-state index in [-0.39, 0.29) is 0 Å². The Morgan fingerprint density at radius 2 is 1.73 bits per heavy atom. The molecule has 0 bridgehead atoms. The van der Waals surface area contributed by atoms with Crippen molar-refractivity contribution in [3.8, 4) is 0 Å². The molecule has 2 saturated carbocycles. The highest BCUT2D eigenvalue weighted by atomic mass is 14.3. The van der Waals surface area contributed by atoms with Gasteiger partial charge in [0.2, 0.25) is 0 Å². The van der Waals surface area contributed by atoms with Crippen LogP contribution in [0.2, 0.25) is 0 Å². The van der Waals surface area contributed by atoms with Gasteiger partial charge in [-0.15, -0.1) is 0 Å². The van der Waals surface area contributed by atoms with Crippen LogP contribution in [0.15, 0.2) is 11.1 Å². The molecule has 11 heavy (non-hydrogen) atoms. The SMILES string of the molecule is CC1CCC(=C2CCCC2)C1. The fourth-order valence-corrected chi connectivity index (χ4v) is 2.52. The maximum absolute atomic E-state index is 2.39. The Morgan fingerprint density at radius 1 is 1.00 bits per heavy atom. The number of hydrogen-bond donors (Lipinski definition) is 0. The van der Waals surface area contributed by atoms with Crippen molar-refractivity contribution in [3.63, 3.8) is 0 Å². The number of hydrogen-bond acceptors (Lipinski definition) is 0. The summed E-state index contributed by atoms with van der Waals surface area (Å²) in [6.07, 6.45) is 10.1. The minimum atomic E-state index is 0.984. The van der Waals surface area contributed by atoms with Gasteiger partial charge in [-0.05, 0) is 50.9 Å². The molecule has 0 saturated heterocycles. The summed E-state index contributed by atoms with van der Waals surface area (Å²) in [5.41, 5.74) is 3.68. The van der Waals surface area contributed by atoms with Crippen LogP contribution in [-0.4, -0.2) is 0 Å². The van der Waals surface area contributed by atoms with Gasteiger partial charge in [0.1, 0.15) is 0 Å². The Balaban J connectivity index is 2.07. The molecule has 0 radical (unpaired) electrons. The van der Waals surface area contributed by atoms with Crippen molar-refractivity contribution in [3.05, 3.63) is 11.1 Å². The van der Waals surface area contributed by atoms with E-state index >= 15 is 0 Å². The highest BCUT2D eigenvalue weighted by Gasteiger charge is 2.19. The molecule has 1 unspecified atom stereocenters. The smallest absolute Gasteiger partial charge is 0.0292 e. The third-order valence-electron chi connectivity index (χ3n) is 3.24. The zero-order valence-corrected chi connectivity index (χ0v) is 7.53. The average molecular weight is 150 g/mol. The lowest BCUT2D eigenvalue weighted by molar-refractivity contribution is 0.619. The average Bonchev–Trinajstić information content (AvgIpc) is 2.55. The van der Waals surface area contributed by atoms with E-state index in [0.717, 1.165) is 5.92 Å². The fraction of sp³-hybridized carbons (Fsp3) is 0.818. The zero-order valence-electron chi connectivity index (χ0n) is 7.53. The molecule has 0 aromatic carbocycles. The van der Waals surface area contributed by atoms with Crippen molar-refractivity contribution in [2.24, 2.45) is 5.92 Å². The van der Waals surface area contributed by atoms with Crippen molar-refractivity contribution < 1.29 is 0 Å². The summed E-state index contributed by atoms with van der Waals surface area (Å²) in [4.78, 5) is 0. The molecule has 2 fully saturated rings. The molecule has 0 heterocycles. The molecule has 62 valence electrons. The molecule has 0 N–H and O–H groups in total. The summed E-state index contributed by atoms with van der Waals surface area (Å²) in [5.74, 6) is 0.984. The lowest BCUT2D eigenvalue weighted by Crippen LogP contribution is -1.84. The summed E-state index contributed by atoms with van der Waals surface area (Å²) >= 11 is 0. The quantitative estimate of drug-likeness (QED) is 0.462. The van der Waals surface area contributed by atoms with Gasteiger partial charge in [-0.3, -0.25) is 0 Å². The van der Waals surface area contributed by atoms with Gasteiger partial charge in [-0.2, -0.15) is 0 Å². The normalized spacial score (nSPS) is 31.9. The highest BCUT2D eigenvalue weighted by molar-refractivity contribution is 5.19. The third-order valence-corrected chi connectivity index (χ3v) is 3.24. The van der Waals surface area contributed by atoms with Gasteiger partial charge >= 0.3 is 0 Å². The van der Waals surface area contributed by atoms with Gasteiger partial charge in [0.15, 0.2) is 0 Å². The maximum Gasteiger partial charge on any atom is -0.0292 e. The monoisotopic (exact) mass is 150 g/mol. The topological polar surface area (TPSA) is 0 Å². The zero-order chi connectivity index (χ0) is 7.68. The lowest BCUT2D eigenvalue weighted by Gasteiger charge is -2.02. The van der Waals surface area contributed by atoms with Crippen molar-refractivity contribution in [2.45, 2.75) is 51.9 Å². The van der Waals surface area contributed by atoms with Gasteiger partial charge in [0.25, 0.3) is 0 Å². The van der Waals surface area contributed by atoms with Crippen molar-refractivity contribution in [1.29, 1.82) is 0 Å². The Labute approximate surface area is 69.7 Å². The first-order valence-electron chi connectivity index (χ1n) is 5.06. The second kappa shape index (κ2) is 3.00. The molecule has 0 nitrogen and oxygen atoms in total. The van der Waals surface area contributed by atoms with Crippen LogP contribution in [0.25, 0.3) is 0 Å². The van der Waals surface area contributed by atoms with Crippen molar-refractivity contribution in [1.82, 2.24) is 0 Å². The predicted molar refractivity (Wildman–Crippen MR) is 48.5 cm³/mol. The van der Waals surface area contributed by atoms with Crippen LogP contribution in [0.4, 0.5) is 0 Å². The van der Waals surface area contributed by atoms with Gasteiger partial charge in [-0.25, -0.2) is 0 Å². The molecule has 0 aromatic rings. The molecule has 1 atom stereocenters. The van der Waals surface area contributed by atoms with E-state index in [2.05, 4.69) is 6.92 Å². The Kier molecular flexibility index (Phi) is 2.02. The first-order valence-corrected chi connectivity index (χ1v) is 5.06. The summed E-state index contributed by atoms with van der Waals surface area (Å²) in [5, 5.41) is 0. The van der Waals surface area contributed by atoms with E-state index in [4.69, 9.17) is 0 Å². The molecule has 0 aromatic heterocycles. The molecule has 2 aliphatic rings. The standard InChI is InChI=1S/C11H18/c1-9-6-7-11(8-9)10-4-2-3-5-10/h9H,2-8H2,1H3. The molecule has 0 aliphatic heterocycles. The van der Waals surface area contributed by atoms with E-state index in [1.165, 1.54) is 44.9 Å². The van der Waals surface area contributed by atoms with Crippen LogP contribution < -0.4 is 0 Å². The van der Waals surface area contributed by atoms with E-state index in [1.807, 2.05) is 11.1 Å². The summed E-state index contributed by atoms with van der Waals surface area (Å²) in [6.45, 7) is 2.39. The molecular weight excluding hydrogens is 132 g/mol. The minimum absolute atomic E-state index is 0.984. The fourth-order valence-electron chi connectivity index (χ4n) is 2.52. The Hall–Kier alpha value is -0.260. The van der Waals surface area contributed by atoms with Crippen LogP contribution in [0.3, 0.4) is 0 Å². The van der Waals surface area contributed by atoms with Crippen molar-refractivity contribution >= 4 is 0 Å². The van der Waals surface area contributed by atoms with E-state index in [9.17, 15) is 0 Å². The van der Waals surface area contributed by atoms with Crippen LogP contribution in [0, 0.1) is 5.92 Å². The molecule has 2 rings (SSSR count). The van der Waals surface area contributed by atoms with Gasteiger partial charge in [0, 0.05) is 0 Å². The van der Waals surface area contributed by atoms with Gasteiger partial charge in [0.05, 0.1) is 0 Å². The first-order chi connectivity index (χ1) is 5.36. The van der Waals surface area contributed by atoms with E-state index in [1.54, 1.807) is 0 Å². The van der Waals surface area contributed by atoms with E-state index in [0.29, 0.717) is 0 Å².